The van der Waals surface area contributed by atoms with Crippen LogP contribution in [-0.4, -0.2) is 37.7 Å². The second kappa shape index (κ2) is 5.92. The summed E-state index contributed by atoms with van der Waals surface area (Å²) in [6, 6.07) is 5.76. The highest BCUT2D eigenvalue weighted by molar-refractivity contribution is 7.89. The van der Waals surface area contributed by atoms with Crippen LogP contribution in [0.25, 0.3) is 0 Å². The molecule has 1 aromatic carbocycles. The minimum absolute atomic E-state index is 0.0514. The predicted octanol–water partition coefficient (Wildman–Crippen LogP) is -1.46. The van der Waals surface area contributed by atoms with Crippen molar-refractivity contribution in [2.45, 2.75) is 30.8 Å². The molecule has 1 fully saturated rings. The lowest BCUT2D eigenvalue weighted by atomic mass is 10.2. The third kappa shape index (κ3) is 3.46. The fraction of sp³-hybridized carbons (Fsp3) is 0.385. The SMILES string of the molecule is CCN1C(=O)C[C@H]([NH2+]Cc2ccc(S(N)(=O)=O)cc2)C1=O. The van der Waals surface area contributed by atoms with Crippen LogP contribution in [-0.2, 0) is 26.2 Å². The van der Waals surface area contributed by atoms with Crippen LogP contribution < -0.4 is 10.5 Å². The van der Waals surface area contributed by atoms with Crippen molar-refractivity contribution in [2.24, 2.45) is 5.14 Å². The second-order valence-electron chi connectivity index (χ2n) is 4.92. The minimum atomic E-state index is -3.69. The van der Waals surface area contributed by atoms with Crippen molar-refractivity contribution >= 4 is 21.8 Å². The molecule has 2 amide bonds. The number of quaternary nitrogens is 1. The highest BCUT2D eigenvalue weighted by atomic mass is 32.2. The summed E-state index contributed by atoms with van der Waals surface area (Å²) in [5.41, 5.74) is 0.859. The van der Waals surface area contributed by atoms with Gasteiger partial charge in [0.2, 0.25) is 15.9 Å². The molecule has 1 aliphatic heterocycles. The van der Waals surface area contributed by atoms with Crippen LogP contribution in [0, 0.1) is 0 Å². The molecule has 0 bridgehead atoms. The van der Waals surface area contributed by atoms with E-state index in [1.165, 1.54) is 17.0 Å². The molecule has 21 heavy (non-hydrogen) atoms. The normalized spacial score (nSPS) is 19.3. The number of hydrogen-bond donors (Lipinski definition) is 2. The van der Waals surface area contributed by atoms with Crippen LogP contribution >= 0.6 is 0 Å². The molecule has 1 heterocycles. The average Bonchev–Trinajstić information content (AvgIpc) is 2.70. The van der Waals surface area contributed by atoms with Gasteiger partial charge in [0, 0.05) is 12.1 Å². The van der Waals surface area contributed by atoms with Crippen LogP contribution in [0.2, 0.25) is 0 Å². The Labute approximate surface area is 123 Å². The van der Waals surface area contributed by atoms with E-state index in [9.17, 15) is 18.0 Å². The molecule has 0 unspecified atom stereocenters. The molecule has 0 aliphatic carbocycles. The monoisotopic (exact) mass is 312 g/mol. The Kier molecular flexibility index (Phi) is 4.40. The van der Waals surface area contributed by atoms with Crippen molar-refractivity contribution in [3.63, 3.8) is 0 Å². The maximum absolute atomic E-state index is 11.9. The van der Waals surface area contributed by atoms with E-state index >= 15 is 0 Å². The molecule has 1 saturated heterocycles. The van der Waals surface area contributed by atoms with Gasteiger partial charge in [-0.05, 0) is 19.1 Å². The molecule has 4 N–H and O–H groups in total. The molecular formula is C13H18N3O4S+. The first-order chi connectivity index (χ1) is 9.82. The van der Waals surface area contributed by atoms with Gasteiger partial charge in [-0.2, -0.15) is 0 Å². The van der Waals surface area contributed by atoms with Crippen molar-refractivity contribution < 1.29 is 23.3 Å². The number of nitrogens with two attached hydrogens (primary N) is 2. The Morgan fingerprint density at radius 3 is 2.38 bits per heavy atom. The Hall–Kier alpha value is -1.77. The second-order valence-corrected chi connectivity index (χ2v) is 6.48. The summed E-state index contributed by atoms with van der Waals surface area (Å²) in [4.78, 5) is 24.8. The van der Waals surface area contributed by atoms with Gasteiger partial charge in [-0.25, -0.2) is 13.6 Å². The predicted molar refractivity (Wildman–Crippen MR) is 74.2 cm³/mol. The van der Waals surface area contributed by atoms with Crippen LogP contribution in [0.15, 0.2) is 29.2 Å². The lowest BCUT2D eigenvalue weighted by Gasteiger charge is -2.11. The molecule has 1 aromatic rings. The highest BCUT2D eigenvalue weighted by Gasteiger charge is 2.40. The average molecular weight is 312 g/mol. The van der Waals surface area contributed by atoms with Gasteiger partial charge in [0.05, 0.1) is 11.3 Å². The van der Waals surface area contributed by atoms with Crippen LogP contribution in [0.4, 0.5) is 0 Å². The Morgan fingerprint density at radius 2 is 1.90 bits per heavy atom. The standard InChI is InChI=1S/C13H17N3O4S/c1-2-16-12(17)7-11(13(16)18)15-8-9-3-5-10(6-4-9)21(14,19)20/h3-6,11,15H,2,7-8H2,1H3,(H2,14,19,20)/p+1/t11-/m0/s1. The van der Waals surface area contributed by atoms with Crippen molar-refractivity contribution in [3.05, 3.63) is 29.8 Å². The van der Waals surface area contributed by atoms with E-state index in [0.717, 1.165) is 5.56 Å². The van der Waals surface area contributed by atoms with Crippen LogP contribution in [0.5, 0.6) is 0 Å². The number of carbonyl (C=O) groups is 2. The number of nitrogens with zero attached hydrogens (tertiary/aromatic N) is 1. The summed E-state index contributed by atoms with van der Waals surface area (Å²) in [5.74, 6) is -0.308. The number of likely N-dealkylation sites (N-methyl/N-ethyl adjacent to an activating group) is 1. The number of benzene rings is 1. The van der Waals surface area contributed by atoms with Gasteiger partial charge in [-0.1, -0.05) is 12.1 Å². The number of hydrogen-bond acceptors (Lipinski definition) is 4. The van der Waals surface area contributed by atoms with Crippen LogP contribution in [0.1, 0.15) is 18.9 Å². The van der Waals surface area contributed by atoms with Crippen molar-refractivity contribution in [1.29, 1.82) is 0 Å². The topological polar surface area (TPSA) is 114 Å². The maximum atomic E-state index is 11.9. The zero-order chi connectivity index (χ0) is 15.6. The molecule has 8 heteroatoms. The summed E-state index contributed by atoms with van der Waals surface area (Å²) < 4.78 is 22.3. The number of imide groups is 1. The van der Waals surface area contributed by atoms with Gasteiger partial charge in [0.15, 0.2) is 6.04 Å². The summed E-state index contributed by atoms with van der Waals surface area (Å²) in [7, 11) is -3.69. The van der Waals surface area contributed by atoms with E-state index in [4.69, 9.17) is 5.14 Å². The number of likely N-dealkylation sites (tertiary alicyclic amines) is 1. The first-order valence-corrected chi connectivity index (χ1v) is 8.17. The number of rotatable bonds is 5. The zero-order valence-corrected chi connectivity index (χ0v) is 12.5. The molecule has 0 radical (unpaired) electrons. The smallest absolute Gasteiger partial charge is 0.287 e. The van der Waals surface area contributed by atoms with Gasteiger partial charge in [0.1, 0.15) is 6.54 Å². The van der Waals surface area contributed by atoms with E-state index in [0.29, 0.717) is 13.1 Å². The molecule has 7 nitrogen and oxygen atoms in total. The number of primary sulfonamides is 1. The molecule has 1 aliphatic rings. The van der Waals surface area contributed by atoms with Crippen molar-refractivity contribution in [3.8, 4) is 0 Å². The van der Waals surface area contributed by atoms with Gasteiger partial charge in [0.25, 0.3) is 5.91 Å². The van der Waals surface area contributed by atoms with Gasteiger partial charge < -0.3 is 5.32 Å². The quantitative estimate of drug-likeness (QED) is 0.647. The first kappa shape index (κ1) is 15.6. The molecule has 1 atom stereocenters. The Bertz CT molecular complexity index is 654. The van der Waals surface area contributed by atoms with Gasteiger partial charge >= 0.3 is 0 Å². The summed E-state index contributed by atoms with van der Waals surface area (Å²) in [6.07, 6.45) is 0.210. The van der Waals surface area contributed by atoms with E-state index < -0.39 is 16.1 Å². The molecule has 0 aromatic heterocycles. The van der Waals surface area contributed by atoms with E-state index in [-0.39, 0.29) is 23.1 Å². The summed E-state index contributed by atoms with van der Waals surface area (Å²) in [5, 5.41) is 6.81. The molecule has 0 spiro atoms. The number of amides is 2. The molecule has 114 valence electrons. The molecule has 2 rings (SSSR count). The summed E-state index contributed by atoms with van der Waals surface area (Å²) in [6.45, 7) is 2.65. The third-order valence-corrected chi connectivity index (χ3v) is 4.41. The van der Waals surface area contributed by atoms with E-state index in [1.54, 1.807) is 24.4 Å². The Balaban J connectivity index is 1.98. The Morgan fingerprint density at radius 1 is 1.29 bits per heavy atom. The highest BCUT2D eigenvalue weighted by Crippen LogP contribution is 2.10. The minimum Gasteiger partial charge on any atom is -0.332 e. The molecular weight excluding hydrogens is 294 g/mol. The summed E-state index contributed by atoms with van der Waals surface area (Å²) >= 11 is 0. The lowest BCUT2D eigenvalue weighted by Crippen LogP contribution is -2.90. The van der Waals surface area contributed by atoms with E-state index in [2.05, 4.69) is 0 Å². The number of sulfonamides is 1. The molecule has 0 saturated carbocycles. The maximum Gasteiger partial charge on any atom is 0.287 e. The number of carbonyl (C=O) groups excluding carboxylic acids is 2. The fourth-order valence-corrected chi connectivity index (χ4v) is 2.83. The zero-order valence-electron chi connectivity index (χ0n) is 11.7. The first-order valence-electron chi connectivity index (χ1n) is 6.62. The third-order valence-electron chi connectivity index (χ3n) is 3.48. The van der Waals surface area contributed by atoms with Crippen molar-refractivity contribution in [2.75, 3.05) is 6.54 Å². The lowest BCUT2D eigenvalue weighted by molar-refractivity contribution is -0.690. The van der Waals surface area contributed by atoms with Gasteiger partial charge in [-0.15, -0.1) is 0 Å². The van der Waals surface area contributed by atoms with Crippen LogP contribution in [0.3, 0.4) is 0 Å². The van der Waals surface area contributed by atoms with E-state index in [1.807, 2.05) is 0 Å². The van der Waals surface area contributed by atoms with Crippen molar-refractivity contribution in [1.82, 2.24) is 4.90 Å². The van der Waals surface area contributed by atoms with Gasteiger partial charge in [-0.3, -0.25) is 14.5 Å². The largest absolute Gasteiger partial charge is 0.332 e. The fourth-order valence-electron chi connectivity index (χ4n) is 2.32.